The Balaban J connectivity index is 2.13. The lowest BCUT2D eigenvalue weighted by atomic mass is 10.1. The van der Waals surface area contributed by atoms with Crippen molar-refractivity contribution in [1.82, 2.24) is 4.31 Å². The molecule has 0 bridgehead atoms. The molecule has 8 heteroatoms. The van der Waals surface area contributed by atoms with E-state index < -0.39 is 15.9 Å². The molecule has 0 aliphatic heterocycles. The second-order valence-corrected chi connectivity index (χ2v) is 8.43. The highest BCUT2D eigenvalue weighted by Crippen LogP contribution is 2.28. The largest absolute Gasteiger partial charge is 0.495 e. The van der Waals surface area contributed by atoms with E-state index in [9.17, 15) is 13.2 Å². The number of anilines is 1. The number of benzene rings is 2. The summed E-state index contributed by atoms with van der Waals surface area (Å²) in [6.45, 7) is 3.53. The summed E-state index contributed by atoms with van der Waals surface area (Å²) in [6, 6.07) is 9.79. The highest BCUT2D eigenvalue weighted by atomic mass is 35.5. The maximum absolute atomic E-state index is 12.6. The Morgan fingerprint density at radius 3 is 2.31 bits per heavy atom. The molecule has 0 spiro atoms. The van der Waals surface area contributed by atoms with Crippen molar-refractivity contribution in [2.45, 2.75) is 18.7 Å². The predicted molar refractivity (Wildman–Crippen MR) is 102 cm³/mol. The molecule has 1 N–H and O–H groups in total. The monoisotopic (exact) mass is 396 g/mol. The van der Waals surface area contributed by atoms with Crippen LogP contribution in [0.5, 0.6) is 5.75 Å². The minimum Gasteiger partial charge on any atom is -0.495 e. The van der Waals surface area contributed by atoms with Crippen LogP contribution in [0.25, 0.3) is 0 Å². The number of nitrogens with one attached hydrogen (secondary N) is 1. The number of halogens is 1. The molecular weight excluding hydrogens is 376 g/mol. The molecule has 0 atom stereocenters. The van der Waals surface area contributed by atoms with Gasteiger partial charge in [0.15, 0.2) is 0 Å². The Kier molecular flexibility index (Phi) is 6.28. The van der Waals surface area contributed by atoms with Gasteiger partial charge in [-0.05, 0) is 55.3 Å². The number of amides is 1. The van der Waals surface area contributed by atoms with Gasteiger partial charge in [0.05, 0.1) is 23.6 Å². The van der Waals surface area contributed by atoms with E-state index in [0.29, 0.717) is 11.4 Å². The average molecular weight is 397 g/mol. The van der Waals surface area contributed by atoms with E-state index in [0.717, 1.165) is 15.4 Å². The van der Waals surface area contributed by atoms with Crippen molar-refractivity contribution >= 4 is 33.2 Å². The van der Waals surface area contributed by atoms with Gasteiger partial charge in [-0.15, -0.1) is 0 Å². The number of hydrogen-bond donors (Lipinski definition) is 1. The fraction of sp³-hybridized carbons (Fsp3) is 0.278. The third-order valence-corrected chi connectivity index (χ3v) is 5.80. The third-order valence-electron chi connectivity index (χ3n) is 3.70. The molecule has 140 valence electrons. The number of aryl methyl sites for hydroxylation is 2. The van der Waals surface area contributed by atoms with Gasteiger partial charge in [-0.3, -0.25) is 4.79 Å². The summed E-state index contributed by atoms with van der Waals surface area (Å²) < 4.78 is 31.2. The fourth-order valence-corrected chi connectivity index (χ4v) is 4.00. The molecule has 0 fully saturated rings. The zero-order valence-corrected chi connectivity index (χ0v) is 16.6. The van der Waals surface area contributed by atoms with Gasteiger partial charge in [-0.1, -0.05) is 17.7 Å². The van der Waals surface area contributed by atoms with E-state index in [1.807, 2.05) is 32.0 Å². The lowest BCUT2D eigenvalue weighted by molar-refractivity contribution is -0.116. The van der Waals surface area contributed by atoms with Crippen molar-refractivity contribution in [3.63, 3.8) is 0 Å². The molecule has 2 aromatic carbocycles. The van der Waals surface area contributed by atoms with Crippen molar-refractivity contribution in [3.8, 4) is 5.75 Å². The maximum Gasteiger partial charge on any atom is 0.243 e. The van der Waals surface area contributed by atoms with E-state index >= 15 is 0 Å². The first kappa shape index (κ1) is 20.2. The minimum absolute atomic E-state index is 0.00926. The predicted octanol–water partition coefficient (Wildman–Crippen LogP) is 3.22. The van der Waals surface area contributed by atoms with Crippen LogP contribution in [-0.4, -0.2) is 39.3 Å². The SMILES string of the molecule is COc1ccc(S(=O)(=O)N(C)CC(=O)Nc2cc(C)cc(C)c2)cc1Cl. The Hall–Kier alpha value is -2.09. The Morgan fingerprint density at radius 1 is 1.15 bits per heavy atom. The molecule has 2 aromatic rings. The van der Waals surface area contributed by atoms with Crippen LogP contribution >= 0.6 is 11.6 Å². The molecule has 0 heterocycles. The first-order valence-corrected chi connectivity index (χ1v) is 9.63. The standard InChI is InChI=1S/C18H21ClN2O4S/c1-12-7-13(2)9-14(8-12)20-18(22)11-21(3)26(23,24)15-5-6-17(25-4)16(19)10-15/h5-10H,11H2,1-4H3,(H,20,22). The molecule has 26 heavy (non-hydrogen) atoms. The molecule has 0 unspecified atom stereocenters. The van der Waals surface area contributed by atoms with Crippen LogP contribution < -0.4 is 10.1 Å². The summed E-state index contributed by atoms with van der Waals surface area (Å²) >= 11 is 6.00. The van der Waals surface area contributed by atoms with Gasteiger partial charge < -0.3 is 10.1 Å². The van der Waals surface area contributed by atoms with E-state index in [1.165, 1.54) is 32.4 Å². The molecule has 0 aromatic heterocycles. The Labute approximate surface area is 158 Å². The molecule has 0 saturated carbocycles. The van der Waals surface area contributed by atoms with E-state index in [-0.39, 0.29) is 16.5 Å². The molecule has 0 radical (unpaired) electrons. The van der Waals surface area contributed by atoms with Crippen LogP contribution in [-0.2, 0) is 14.8 Å². The third kappa shape index (κ3) is 4.75. The van der Waals surface area contributed by atoms with E-state index in [4.69, 9.17) is 16.3 Å². The summed E-state index contributed by atoms with van der Waals surface area (Å²) in [6.07, 6.45) is 0. The number of methoxy groups -OCH3 is 1. The van der Waals surface area contributed by atoms with Crippen LogP contribution in [0.1, 0.15) is 11.1 Å². The smallest absolute Gasteiger partial charge is 0.243 e. The number of nitrogens with zero attached hydrogens (tertiary/aromatic N) is 1. The molecule has 0 saturated heterocycles. The highest BCUT2D eigenvalue weighted by molar-refractivity contribution is 7.89. The number of rotatable bonds is 6. The number of sulfonamides is 1. The number of carbonyl (C=O) groups is 1. The van der Waals surface area contributed by atoms with E-state index in [2.05, 4.69) is 5.32 Å². The molecule has 1 amide bonds. The molecule has 6 nitrogen and oxygen atoms in total. The van der Waals surface area contributed by atoms with Crippen LogP contribution in [0.3, 0.4) is 0 Å². The van der Waals surface area contributed by atoms with Crippen LogP contribution in [0, 0.1) is 13.8 Å². The Bertz CT molecular complexity index is 909. The van der Waals surface area contributed by atoms with Crippen molar-refractivity contribution < 1.29 is 17.9 Å². The fourth-order valence-electron chi connectivity index (χ4n) is 2.52. The summed E-state index contributed by atoms with van der Waals surface area (Å²) in [5.74, 6) is -0.0542. The normalized spacial score (nSPS) is 11.5. The van der Waals surface area contributed by atoms with Crippen LogP contribution in [0.15, 0.2) is 41.3 Å². The number of ether oxygens (including phenoxy) is 1. The zero-order chi connectivity index (χ0) is 19.5. The van der Waals surface area contributed by atoms with Crippen LogP contribution in [0.4, 0.5) is 5.69 Å². The second kappa shape index (κ2) is 8.07. The minimum atomic E-state index is -3.86. The number of carbonyl (C=O) groups excluding carboxylic acids is 1. The van der Waals surface area contributed by atoms with Gasteiger partial charge in [0.2, 0.25) is 15.9 Å². The quantitative estimate of drug-likeness (QED) is 0.813. The lowest BCUT2D eigenvalue weighted by Crippen LogP contribution is -2.35. The van der Waals surface area contributed by atoms with Gasteiger partial charge >= 0.3 is 0 Å². The van der Waals surface area contributed by atoms with Crippen molar-refractivity contribution in [3.05, 3.63) is 52.5 Å². The first-order valence-electron chi connectivity index (χ1n) is 7.81. The summed E-state index contributed by atoms with van der Waals surface area (Å²) in [4.78, 5) is 12.2. The van der Waals surface area contributed by atoms with Crippen molar-refractivity contribution in [1.29, 1.82) is 0 Å². The highest BCUT2D eigenvalue weighted by Gasteiger charge is 2.24. The molecular formula is C18H21ClN2O4S. The van der Waals surface area contributed by atoms with Gasteiger partial charge in [0, 0.05) is 12.7 Å². The molecule has 0 aliphatic carbocycles. The van der Waals surface area contributed by atoms with Gasteiger partial charge in [0.25, 0.3) is 0 Å². The summed E-state index contributed by atoms with van der Waals surface area (Å²) in [5.41, 5.74) is 2.65. The maximum atomic E-state index is 12.6. The second-order valence-electron chi connectivity index (χ2n) is 5.98. The Morgan fingerprint density at radius 2 is 1.77 bits per heavy atom. The number of hydrogen-bond acceptors (Lipinski definition) is 4. The topological polar surface area (TPSA) is 75.7 Å². The van der Waals surface area contributed by atoms with Gasteiger partial charge in [-0.2, -0.15) is 4.31 Å². The molecule has 2 rings (SSSR count). The van der Waals surface area contributed by atoms with Crippen LogP contribution in [0.2, 0.25) is 5.02 Å². The van der Waals surface area contributed by atoms with Gasteiger partial charge in [0.1, 0.15) is 5.75 Å². The molecule has 0 aliphatic rings. The lowest BCUT2D eigenvalue weighted by Gasteiger charge is -2.17. The summed E-state index contributed by atoms with van der Waals surface area (Å²) in [5, 5.41) is 2.90. The summed E-state index contributed by atoms with van der Waals surface area (Å²) in [7, 11) is -1.07. The first-order chi connectivity index (χ1) is 12.1. The zero-order valence-electron chi connectivity index (χ0n) is 15.0. The number of likely N-dealkylation sites (N-methyl/N-ethyl adjacent to an activating group) is 1. The van der Waals surface area contributed by atoms with Gasteiger partial charge in [-0.25, -0.2) is 8.42 Å². The average Bonchev–Trinajstić information content (AvgIpc) is 2.53. The van der Waals surface area contributed by atoms with Crippen molar-refractivity contribution in [2.75, 3.05) is 26.0 Å². The van der Waals surface area contributed by atoms with Crippen molar-refractivity contribution in [2.24, 2.45) is 0 Å². The van der Waals surface area contributed by atoms with E-state index in [1.54, 1.807) is 0 Å².